The summed E-state index contributed by atoms with van der Waals surface area (Å²) in [7, 11) is 0. The average molecular weight is 327 g/mol. The van der Waals surface area contributed by atoms with E-state index in [1.54, 1.807) is 9.80 Å². The van der Waals surface area contributed by atoms with Crippen molar-refractivity contribution in [2.45, 2.75) is 39.0 Å². The Bertz CT molecular complexity index is 586. The predicted molar refractivity (Wildman–Crippen MR) is 93.2 cm³/mol. The molecule has 5 nitrogen and oxygen atoms in total. The van der Waals surface area contributed by atoms with Crippen molar-refractivity contribution in [3.05, 3.63) is 30.3 Å². The lowest BCUT2D eigenvalue weighted by Crippen LogP contribution is -2.39. The van der Waals surface area contributed by atoms with Crippen LogP contribution in [-0.2, 0) is 9.59 Å². The van der Waals surface area contributed by atoms with E-state index in [1.165, 1.54) is 0 Å². The Hall–Kier alpha value is -2.35. The molecule has 1 aromatic carbocycles. The fourth-order valence-electron chi connectivity index (χ4n) is 3.10. The Morgan fingerprint density at radius 1 is 1.17 bits per heavy atom. The summed E-state index contributed by atoms with van der Waals surface area (Å²) in [5, 5.41) is 9.40. The second-order valence-electron chi connectivity index (χ2n) is 6.10. The third kappa shape index (κ3) is 4.58. The predicted octanol–water partition coefficient (Wildman–Crippen LogP) is 2.97. The number of rotatable bonds is 5. The van der Waals surface area contributed by atoms with Gasteiger partial charge in [-0.25, -0.2) is 0 Å². The zero-order valence-electron chi connectivity index (χ0n) is 14.3. The minimum absolute atomic E-state index is 0.0609. The fraction of sp³-hybridized carbons (Fsp3) is 0.526. The second-order valence-corrected chi connectivity index (χ2v) is 6.10. The van der Waals surface area contributed by atoms with E-state index in [2.05, 4.69) is 0 Å². The molecule has 1 fully saturated rings. The first-order chi connectivity index (χ1) is 11.7. The molecule has 0 saturated carbocycles. The largest absolute Gasteiger partial charge is 0.342 e. The number of likely N-dealkylation sites (tertiary alicyclic amines) is 1. The van der Waals surface area contributed by atoms with Crippen LogP contribution in [0.2, 0.25) is 0 Å². The van der Waals surface area contributed by atoms with Crippen molar-refractivity contribution in [3.8, 4) is 6.07 Å². The van der Waals surface area contributed by atoms with Gasteiger partial charge in [0.15, 0.2) is 0 Å². The van der Waals surface area contributed by atoms with Crippen LogP contribution in [0.3, 0.4) is 0 Å². The highest BCUT2D eigenvalue weighted by Crippen LogP contribution is 2.19. The molecule has 1 heterocycles. The van der Waals surface area contributed by atoms with Crippen molar-refractivity contribution in [2.75, 3.05) is 24.5 Å². The zero-order chi connectivity index (χ0) is 17.4. The van der Waals surface area contributed by atoms with Crippen LogP contribution in [-0.4, -0.2) is 36.3 Å². The molecule has 1 aromatic rings. The van der Waals surface area contributed by atoms with Gasteiger partial charge in [-0.05, 0) is 31.9 Å². The molecule has 1 unspecified atom stereocenters. The molecule has 1 saturated heterocycles. The highest BCUT2D eigenvalue weighted by molar-refractivity contribution is 5.96. The van der Waals surface area contributed by atoms with E-state index in [0.717, 1.165) is 31.4 Å². The van der Waals surface area contributed by atoms with Crippen LogP contribution in [0.1, 0.15) is 39.0 Å². The molecule has 5 heteroatoms. The molecular formula is C19H25N3O2. The van der Waals surface area contributed by atoms with Gasteiger partial charge in [0.25, 0.3) is 0 Å². The molecule has 24 heavy (non-hydrogen) atoms. The molecule has 2 amide bonds. The van der Waals surface area contributed by atoms with Crippen molar-refractivity contribution >= 4 is 17.5 Å². The first-order valence-corrected chi connectivity index (χ1v) is 8.71. The third-order valence-electron chi connectivity index (χ3n) is 4.44. The first-order valence-electron chi connectivity index (χ1n) is 8.71. The van der Waals surface area contributed by atoms with Crippen molar-refractivity contribution in [1.29, 1.82) is 5.26 Å². The van der Waals surface area contributed by atoms with E-state index in [1.807, 2.05) is 43.3 Å². The number of benzene rings is 1. The zero-order valence-corrected chi connectivity index (χ0v) is 14.3. The van der Waals surface area contributed by atoms with Gasteiger partial charge < -0.3 is 9.80 Å². The van der Waals surface area contributed by atoms with Crippen molar-refractivity contribution in [1.82, 2.24) is 4.90 Å². The number of carbonyl (C=O) groups excluding carboxylic acids is 2. The molecule has 128 valence electrons. The summed E-state index contributed by atoms with van der Waals surface area (Å²) in [4.78, 5) is 28.6. The number of nitriles is 1. The molecule has 1 atom stereocenters. The third-order valence-corrected chi connectivity index (χ3v) is 4.44. The summed E-state index contributed by atoms with van der Waals surface area (Å²) in [6, 6.07) is 11.4. The quantitative estimate of drug-likeness (QED) is 0.835. The minimum atomic E-state index is -0.895. The van der Waals surface area contributed by atoms with E-state index in [0.29, 0.717) is 19.6 Å². The standard InChI is InChI=1S/C19H25N3O2/c1-2-22(17-10-6-5-7-11-17)18(23)14-16(15-20)19(24)21-12-8-3-4-9-13-21/h5-7,10-11,16H,2-4,8-9,12-14H2,1H3. The monoisotopic (exact) mass is 327 g/mol. The van der Waals surface area contributed by atoms with Gasteiger partial charge in [0, 0.05) is 25.3 Å². The molecule has 1 aliphatic heterocycles. The van der Waals surface area contributed by atoms with Crippen LogP contribution in [0.15, 0.2) is 30.3 Å². The van der Waals surface area contributed by atoms with E-state index >= 15 is 0 Å². The van der Waals surface area contributed by atoms with Crippen molar-refractivity contribution in [2.24, 2.45) is 5.92 Å². The topological polar surface area (TPSA) is 64.4 Å². The lowest BCUT2D eigenvalue weighted by atomic mass is 10.0. The molecule has 0 bridgehead atoms. The molecule has 0 radical (unpaired) electrons. The Morgan fingerprint density at radius 3 is 2.33 bits per heavy atom. The summed E-state index contributed by atoms with van der Waals surface area (Å²) >= 11 is 0. The number of nitrogens with zero attached hydrogens (tertiary/aromatic N) is 3. The smallest absolute Gasteiger partial charge is 0.240 e. The number of anilines is 1. The molecule has 2 rings (SSSR count). The van der Waals surface area contributed by atoms with Gasteiger partial charge in [0.2, 0.25) is 11.8 Å². The normalized spacial score (nSPS) is 15.9. The van der Waals surface area contributed by atoms with Gasteiger partial charge in [0.1, 0.15) is 5.92 Å². The molecule has 0 aromatic heterocycles. The van der Waals surface area contributed by atoms with Gasteiger partial charge in [-0.15, -0.1) is 0 Å². The Morgan fingerprint density at radius 2 is 1.79 bits per heavy atom. The van der Waals surface area contributed by atoms with E-state index in [4.69, 9.17) is 0 Å². The number of hydrogen-bond donors (Lipinski definition) is 0. The summed E-state index contributed by atoms with van der Waals surface area (Å²) in [5.74, 6) is -1.27. The molecule has 0 spiro atoms. The van der Waals surface area contributed by atoms with Crippen LogP contribution in [0.4, 0.5) is 5.69 Å². The summed E-state index contributed by atoms with van der Waals surface area (Å²) in [5.41, 5.74) is 0.795. The summed E-state index contributed by atoms with van der Waals surface area (Å²) in [6.45, 7) is 3.80. The number of para-hydroxylation sites is 1. The maximum Gasteiger partial charge on any atom is 0.240 e. The van der Waals surface area contributed by atoms with Crippen LogP contribution >= 0.6 is 0 Å². The Balaban J connectivity index is 2.04. The Kier molecular flexibility index (Phi) is 6.80. The molecular weight excluding hydrogens is 302 g/mol. The first kappa shape index (κ1) is 18.0. The van der Waals surface area contributed by atoms with E-state index < -0.39 is 5.92 Å². The van der Waals surface area contributed by atoms with Crippen LogP contribution in [0.25, 0.3) is 0 Å². The van der Waals surface area contributed by atoms with Crippen molar-refractivity contribution < 1.29 is 9.59 Å². The van der Waals surface area contributed by atoms with Gasteiger partial charge in [0.05, 0.1) is 12.5 Å². The van der Waals surface area contributed by atoms with Gasteiger partial charge >= 0.3 is 0 Å². The van der Waals surface area contributed by atoms with E-state index in [-0.39, 0.29) is 18.2 Å². The van der Waals surface area contributed by atoms with Crippen molar-refractivity contribution in [3.63, 3.8) is 0 Å². The van der Waals surface area contributed by atoms with Gasteiger partial charge in [-0.2, -0.15) is 5.26 Å². The maximum atomic E-state index is 12.6. The second kappa shape index (κ2) is 9.07. The van der Waals surface area contributed by atoms with Gasteiger partial charge in [-0.3, -0.25) is 9.59 Å². The highest BCUT2D eigenvalue weighted by Gasteiger charge is 2.28. The lowest BCUT2D eigenvalue weighted by molar-refractivity contribution is -0.136. The lowest BCUT2D eigenvalue weighted by Gasteiger charge is -2.25. The van der Waals surface area contributed by atoms with Gasteiger partial charge in [-0.1, -0.05) is 31.0 Å². The van der Waals surface area contributed by atoms with E-state index in [9.17, 15) is 14.9 Å². The molecule has 1 aliphatic rings. The number of amides is 2. The Labute approximate surface area is 143 Å². The average Bonchev–Trinajstić information content (AvgIpc) is 2.90. The highest BCUT2D eigenvalue weighted by atomic mass is 16.2. The SMILES string of the molecule is CCN(C(=O)CC(C#N)C(=O)N1CCCCCC1)c1ccccc1. The van der Waals surface area contributed by atoms with Crippen LogP contribution < -0.4 is 4.90 Å². The van der Waals surface area contributed by atoms with Crippen LogP contribution in [0.5, 0.6) is 0 Å². The maximum absolute atomic E-state index is 12.6. The molecule has 0 N–H and O–H groups in total. The molecule has 0 aliphatic carbocycles. The summed E-state index contributed by atoms with van der Waals surface area (Å²) < 4.78 is 0. The van der Waals surface area contributed by atoms with Crippen LogP contribution in [0, 0.1) is 17.2 Å². The summed E-state index contributed by atoms with van der Waals surface area (Å²) in [6.07, 6.45) is 4.13. The fourth-order valence-corrected chi connectivity index (χ4v) is 3.10. The minimum Gasteiger partial charge on any atom is -0.342 e. The number of hydrogen-bond acceptors (Lipinski definition) is 3. The number of carbonyl (C=O) groups is 2.